The van der Waals surface area contributed by atoms with Crippen molar-refractivity contribution in [3.05, 3.63) is 101 Å². The van der Waals surface area contributed by atoms with Crippen LogP contribution in [0.4, 0.5) is 39.5 Å². The molecule has 0 aliphatic carbocycles. The molecule has 0 unspecified atom stereocenters. The van der Waals surface area contributed by atoms with Gasteiger partial charge in [0.05, 0.1) is 5.39 Å². The van der Waals surface area contributed by atoms with Gasteiger partial charge in [-0.25, -0.2) is 30.7 Å². The van der Waals surface area contributed by atoms with Crippen LogP contribution in [-0.4, -0.2) is 7.32 Å². The lowest BCUT2D eigenvalue weighted by atomic mass is 10.1. The van der Waals surface area contributed by atoms with E-state index in [-0.39, 0.29) is 0 Å². The van der Waals surface area contributed by atoms with Crippen molar-refractivity contribution in [2.45, 2.75) is 0 Å². The lowest BCUT2D eigenvalue weighted by molar-refractivity contribution is 0.275. The zero-order chi connectivity index (χ0) is 25.4. The molecule has 13 heteroatoms. The number of benzene rings is 4. The zero-order valence-corrected chi connectivity index (χ0v) is 16.8. The third-order valence-corrected chi connectivity index (χ3v) is 4.60. The zero-order valence-electron chi connectivity index (χ0n) is 16.8. The van der Waals surface area contributed by atoms with Crippen molar-refractivity contribution in [3.8, 4) is 17.2 Å². The summed E-state index contributed by atoms with van der Waals surface area (Å²) in [5, 5.41) is -1.37. The van der Waals surface area contributed by atoms with E-state index in [4.69, 9.17) is 14.0 Å². The van der Waals surface area contributed by atoms with Gasteiger partial charge >= 0.3 is 7.32 Å². The van der Waals surface area contributed by atoms with E-state index in [2.05, 4.69) is 0 Å². The first kappa shape index (κ1) is 24.1. The van der Waals surface area contributed by atoms with E-state index in [1.54, 1.807) is 0 Å². The first-order valence-corrected chi connectivity index (χ1v) is 9.41. The second-order valence-corrected chi connectivity index (χ2v) is 6.84. The molecule has 0 bridgehead atoms. The van der Waals surface area contributed by atoms with Gasteiger partial charge in [-0.15, -0.1) is 0 Å². The van der Waals surface area contributed by atoms with Gasteiger partial charge in [-0.3, -0.25) is 0 Å². The quantitative estimate of drug-likeness (QED) is 0.169. The van der Waals surface area contributed by atoms with Crippen LogP contribution in [0.3, 0.4) is 0 Å². The molecule has 180 valence electrons. The standard InChI is InChI=1S/C22H8BF9O3/c24-9-7-10-17(6-5-11(25)18(10)16(30)8-9)33-23(34-21-14(28)3-1-12(26)19(21)31)35-22-15(29)4-2-13(27)20(22)32/h1-8H. The molecule has 0 N–H and O–H groups in total. The highest BCUT2D eigenvalue weighted by atomic mass is 19.2. The second kappa shape index (κ2) is 9.32. The maximum atomic E-state index is 14.1. The van der Waals surface area contributed by atoms with E-state index in [0.717, 1.165) is 6.07 Å². The molecular formula is C22H8BF9O3. The average molecular weight is 502 g/mol. The van der Waals surface area contributed by atoms with Crippen LogP contribution >= 0.6 is 0 Å². The minimum Gasteiger partial charge on any atom is -0.489 e. The Bertz CT molecular complexity index is 1390. The fourth-order valence-corrected chi connectivity index (χ4v) is 3.04. The monoisotopic (exact) mass is 502 g/mol. The lowest BCUT2D eigenvalue weighted by Gasteiger charge is -2.19. The summed E-state index contributed by atoms with van der Waals surface area (Å²) in [5.41, 5.74) is 0. The Balaban J connectivity index is 1.83. The van der Waals surface area contributed by atoms with Crippen LogP contribution in [-0.2, 0) is 0 Å². The summed E-state index contributed by atoms with van der Waals surface area (Å²) in [6.45, 7) is 0. The smallest absolute Gasteiger partial charge is 0.489 e. The number of hydrogen-bond acceptors (Lipinski definition) is 3. The van der Waals surface area contributed by atoms with Crippen molar-refractivity contribution in [3.63, 3.8) is 0 Å². The molecule has 3 nitrogen and oxygen atoms in total. The van der Waals surface area contributed by atoms with E-state index in [9.17, 15) is 39.5 Å². The minimum atomic E-state index is -2.62. The Labute approximate surface area is 190 Å². The highest BCUT2D eigenvalue weighted by Gasteiger charge is 2.37. The van der Waals surface area contributed by atoms with Gasteiger partial charge in [-0.2, -0.15) is 8.78 Å². The summed E-state index contributed by atoms with van der Waals surface area (Å²) in [5.74, 6) is -17.3. The molecule has 0 fully saturated rings. The van der Waals surface area contributed by atoms with Gasteiger partial charge in [0.1, 0.15) is 23.2 Å². The Morgan fingerprint density at radius 3 is 1.51 bits per heavy atom. The van der Waals surface area contributed by atoms with Crippen molar-refractivity contribution in [1.82, 2.24) is 0 Å². The van der Waals surface area contributed by atoms with Gasteiger partial charge in [0.15, 0.2) is 34.8 Å². The van der Waals surface area contributed by atoms with E-state index in [1.807, 2.05) is 0 Å². The number of rotatable bonds is 6. The average Bonchev–Trinajstić information content (AvgIpc) is 2.80. The highest BCUT2D eigenvalue weighted by molar-refractivity contribution is 6.40. The van der Waals surface area contributed by atoms with E-state index in [1.165, 1.54) is 0 Å². The second-order valence-electron chi connectivity index (χ2n) is 6.84. The van der Waals surface area contributed by atoms with Crippen LogP contribution in [0.1, 0.15) is 0 Å². The van der Waals surface area contributed by atoms with Crippen molar-refractivity contribution in [2.24, 2.45) is 0 Å². The predicted octanol–water partition coefficient (Wildman–Crippen LogP) is 6.61. The number of halogens is 9. The molecule has 4 aromatic carbocycles. The number of hydrogen-bond donors (Lipinski definition) is 0. The largest absolute Gasteiger partial charge is 0.864 e. The normalized spacial score (nSPS) is 11.0. The van der Waals surface area contributed by atoms with Gasteiger partial charge in [-0.05, 0) is 42.5 Å². The third-order valence-electron chi connectivity index (χ3n) is 4.60. The van der Waals surface area contributed by atoms with Gasteiger partial charge < -0.3 is 14.0 Å². The molecule has 0 aliphatic rings. The predicted molar refractivity (Wildman–Crippen MR) is 104 cm³/mol. The fourth-order valence-electron chi connectivity index (χ4n) is 3.04. The van der Waals surface area contributed by atoms with Crippen LogP contribution in [0.15, 0.2) is 48.5 Å². The molecule has 35 heavy (non-hydrogen) atoms. The Morgan fingerprint density at radius 2 is 0.971 bits per heavy atom. The molecule has 4 rings (SSSR count). The molecule has 0 heterocycles. The summed E-state index contributed by atoms with van der Waals surface area (Å²) in [4.78, 5) is 0. The molecule has 0 spiro atoms. The topological polar surface area (TPSA) is 27.7 Å². The molecule has 0 saturated heterocycles. The molecule has 0 atom stereocenters. The number of fused-ring (bicyclic) bond motifs is 1. The first-order valence-electron chi connectivity index (χ1n) is 9.41. The van der Waals surface area contributed by atoms with Crippen LogP contribution in [0.5, 0.6) is 17.2 Å². The van der Waals surface area contributed by atoms with Gasteiger partial charge in [0.2, 0.25) is 11.6 Å². The summed E-state index contributed by atoms with van der Waals surface area (Å²) >= 11 is 0. The molecule has 0 aliphatic heterocycles. The molecule has 0 aromatic heterocycles. The van der Waals surface area contributed by atoms with Crippen molar-refractivity contribution in [1.29, 1.82) is 0 Å². The Kier molecular flexibility index (Phi) is 6.42. The Hall–Kier alpha value is -4.03. The van der Waals surface area contributed by atoms with Crippen LogP contribution in [0, 0.1) is 52.4 Å². The maximum Gasteiger partial charge on any atom is 0.864 e. The molecule has 0 radical (unpaired) electrons. The summed E-state index contributed by atoms with van der Waals surface area (Å²) < 4.78 is 140. The van der Waals surface area contributed by atoms with Gasteiger partial charge in [0.25, 0.3) is 0 Å². The fraction of sp³-hybridized carbons (Fsp3) is 0. The van der Waals surface area contributed by atoms with Gasteiger partial charge in [0, 0.05) is 11.5 Å². The maximum absolute atomic E-state index is 14.1. The molecule has 0 amide bonds. The Morgan fingerprint density at radius 1 is 0.486 bits per heavy atom. The van der Waals surface area contributed by atoms with Crippen molar-refractivity contribution < 1.29 is 53.5 Å². The molecular weight excluding hydrogens is 494 g/mol. The SMILES string of the molecule is Fc1cc(F)c2c(F)ccc(OB(Oc3c(F)ccc(F)c3F)Oc3c(F)ccc(F)c3F)c2c1. The lowest BCUT2D eigenvalue weighted by Crippen LogP contribution is -2.38. The van der Waals surface area contributed by atoms with E-state index >= 15 is 0 Å². The summed E-state index contributed by atoms with van der Waals surface area (Å²) in [6, 6.07) is 4.08. The van der Waals surface area contributed by atoms with E-state index in [0.29, 0.717) is 42.5 Å². The highest BCUT2D eigenvalue weighted by Crippen LogP contribution is 2.33. The third kappa shape index (κ3) is 4.66. The van der Waals surface area contributed by atoms with Gasteiger partial charge in [-0.1, -0.05) is 0 Å². The van der Waals surface area contributed by atoms with Crippen LogP contribution in [0.2, 0.25) is 0 Å². The summed E-state index contributed by atoms with van der Waals surface area (Å²) in [6.07, 6.45) is 0. The minimum absolute atomic E-state index is 0.356. The van der Waals surface area contributed by atoms with Crippen molar-refractivity contribution in [2.75, 3.05) is 0 Å². The first-order chi connectivity index (χ1) is 16.6. The summed E-state index contributed by atoms with van der Waals surface area (Å²) in [7, 11) is -2.62. The molecule has 4 aromatic rings. The van der Waals surface area contributed by atoms with E-state index < -0.39 is 87.7 Å². The molecule has 0 saturated carbocycles. The van der Waals surface area contributed by atoms with Crippen LogP contribution < -0.4 is 14.0 Å². The van der Waals surface area contributed by atoms with Crippen LogP contribution in [0.25, 0.3) is 10.8 Å². The van der Waals surface area contributed by atoms with Crippen molar-refractivity contribution >= 4 is 18.1 Å².